The quantitative estimate of drug-likeness (QED) is 0.637. The maximum Gasteiger partial charge on any atom is 0.251 e. The number of hydrogen-bond acceptors (Lipinski definition) is 3. The SMILES string of the molecule is C=C(C(=O)Nc1ccc(Cl)cc1)[C@H]1CC[C@H](Oc2ccnc(C)c2Cl)CC1. The summed E-state index contributed by atoms with van der Waals surface area (Å²) in [5.74, 6) is 0.688. The van der Waals surface area contributed by atoms with Crippen LogP contribution >= 0.6 is 23.2 Å². The fourth-order valence-electron chi connectivity index (χ4n) is 3.25. The summed E-state index contributed by atoms with van der Waals surface area (Å²) in [5.41, 5.74) is 2.08. The topological polar surface area (TPSA) is 51.2 Å². The molecule has 0 spiro atoms. The summed E-state index contributed by atoms with van der Waals surface area (Å²) in [6.45, 7) is 5.87. The molecule has 1 aliphatic carbocycles. The third kappa shape index (κ3) is 5.02. The first kappa shape index (κ1) is 19.7. The van der Waals surface area contributed by atoms with Gasteiger partial charge in [0.25, 0.3) is 5.91 Å². The minimum Gasteiger partial charge on any atom is -0.489 e. The number of nitrogens with zero attached hydrogens (tertiary/aromatic N) is 1. The predicted octanol–water partition coefficient (Wildman–Crippen LogP) is 5.83. The van der Waals surface area contributed by atoms with Gasteiger partial charge in [-0.1, -0.05) is 29.8 Å². The van der Waals surface area contributed by atoms with Crippen LogP contribution in [0, 0.1) is 12.8 Å². The summed E-state index contributed by atoms with van der Waals surface area (Å²) < 4.78 is 6.05. The van der Waals surface area contributed by atoms with Crippen molar-refractivity contribution in [1.82, 2.24) is 4.98 Å². The molecule has 142 valence electrons. The number of aromatic nitrogens is 1. The number of carbonyl (C=O) groups is 1. The molecular weight excluding hydrogens is 383 g/mol. The number of carbonyl (C=O) groups excluding carboxylic acids is 1. The van der Waals surface area contributed by atoms with Crippen molar-refractivity contribution in [2.45, 2.75) is 38.7 Å². The van der Waals surface area contributed by atoms with Crippen LogP contribution in [0.3, 0.4) is 0 Å². The van der Waals surface area contributed by atoms with Crippen molar-refractivity contribution in [3.63, 3.8) is 0 Å². The summed E-state index contributed by atoms with van der Waals surface area (Å²) in [6.07, 6.45) is 5.22. The summed E-state index contributed by atoms with van der Waals surface area (Å²) in [7, 11) is 0. The molecule has 1 fully saturated rings. The van der Waals surface area contributed by atoms with E-state index < -0.39 is 0 Å². The van der Waals surface area contributed by atoms with Gasteiger partial charge in [-0.25, -0.2) is 0 Å². The Labute approximate surface area is 169 Å². The maximum absolute atomic E-state index is 12.5. The standard InChI is InChI=1S/C21H22Cl2N2O2/c1-13(21(26)25-17-7-5-16(22)6-8-17)15-3-9-18(10-4-15)27-19-11-12-24-14(2)20(19)23/h5-8,11-12,15,18H,1,3-4,9-10H2,2H3,(H,25,26)/t15-,18-. The molecular formula is C21H22Cl2N2O2. The third-order valence-corrected chi connectivity index (χ3v) is 5.59. The molecule has 1 N–H and O–H groups in total. The van der Waals surface area contributed by atoms with Crippen molar-refractivity contribution in [2.75, 3.05) is 5.32 Å². The fraction of sp³-hybridized carbons (Fsp3) is 0.333. The van der Waals surface area contributed by atoms with Crippen LogP contribution in [0.25, 0.3) is 0 Å². The number of amides is 1. The highest BCUT2D eigenvalue weighted by atomic mass is 35.5. The van der Waals surface area contributed by atoms with Crippen LogP contribution in [0.4, 0.5) is 5.69 Å². The van der Waals surface area contributed by atoms with E-state index in [1.54, 1.807) is 36.5 Å². The second kappa shape index (κ2) is 8.77. The zero-order valence-corrected chi connectivity index (χ0v) is 16.7. The highest BCUT2D eigenvalue weighted by Crippen LogP contribution is 2.34. The lowest BCUT2D eigenvalue weighted by Gasteiger charge is -2.30. The molecule has 0 saturated heterocycles. The summed E-state index contributed by atoms with van der Waals surface area (Å²) in [6, 6.07) is 8.83. The summed E-state index contributed by atoms with van der Waals surface area (Å²) in [4.78, 5) is 16.6. The molecule has 4 nitrogen and oxygen atoms in total. The smallest absolute Gasteiger partial charge is 0.251 e. The Hall–Kier alpha value is -2.04. The van der Waals surface area contributed by atoms with Gasteiger partial charge in [0.1, 0.15) is 10.8 Å². The largest absolute Gasteiger partial charge is 0.489 e. The van der Waals surface area contributed by atoms with Crippen molar-refractivity contribution >= 4 is 34.8 Å². The lowest BCUT2D eigenvalue weighted by molar-refractivity contribution is -0.113. The van der Waals surface area contributed by atoms with Gasteiger partial charge >= 0.3 is 0 Å². The Bertz CT molecular complexity index is 829. The summed E-state index contributed by atoms with van der Waals surface area (Å²) >= 11 is 12.1. The first-order chi connectivity index (χ1) is 12.9. The van der Waals surface area contributed by atoms with Gasteiger partial charge in [-0.05, 0) is 62.8 Å². The zero-order valence-electron chi connectivity index (χ0n) is 15.2. The van der Waals surface area contributed by atoms with E-state index in [0.717, 1.165) is 31.4 Å². The average molecular weight is 405 g/mol. The molecule has 1 aromatic heterocycles. The van der Waals surface area contributed by atoms with E-state index in [2.05, 4.69) is 16.9 Å². The van der Waals surface area contributed by atoms with Crippen LogP contribution in [-0.4, -0.2) is 17.0 Å². The van der Waals surface area contributed by atoms with E-state index in [1.807, 2.05) is 6.92 Å². The van der Waals surface area contributed by atoms with Gasteiger partial charge in [0.15, 0.2) is 0 Å². The molecule has 27 heavy (non-hydrogen) atoms. The van der Waals surface area contributed by atoms with Crippen molar-refractivity contribution in [1.29, 1.82) is 0 Å². The average Bonchev–Trinajstić information content (AvgIpc) is 2.67. The third-order valence-electron chi connectivity index (χ3n) is 4.88. The first-order valence-corrected chi connectivity index (χ1v) is 9.73. The van der Waals surface area contributed by atoms with Crippen LogP contribution in [0.15, 0.2) is 48.7 Å². The Morgan fingerprint density at radius 3 is 2.48 bits per heavy atom. The first-order valence-electron chi connectivity index (χ1n) is 8.97. The van der Waals surface area contributed by atoms with Gasteiger partial charge < -0.3 is 10.1 Å². The molecule has 0 unspecified atom stereocenters. The zero-order chi connectivity index (χ0) is 19.4. The lowest BCUT2D eigenvalue weighted by Crippen LogP contribution is -2.28. The van der Waals surface area contributed by atoms with E-state index in [1.165, 1.54) is 0 Å². The lowest BCUT2D eigenvalue weighted by atomic mass is 9.82. The predicted molar refractivity (Wildman–Crippen MR) is 110 cm³/mol. The molecule has 1 aromatic carbocycles. The number of pyridine rings is 1. The summed E-state index contributed by atoms with van der Waals surface area (Å²) in [5, 5.41) is 4.07. The van der Waals surface area contributed by atoms with Crippen LogP contribution in [0.2, 0.25) is 10.0 Å². The van der Waals surface area contributed by atoms with E-state index in [4.69, 9.17) is 27.9 Å². The number of ether oxygens (including phenoxy) is 1. The number of halogens is 2. The second-order valence-electron chi connectivity index (χ2n) is 6.79. The number of nitrogens with one attached hydrogen (secondary N) is 1. The number of rotatable bonds is 5. The Morgan fingerprint density at radius 2 is 1.81 bits per heavy atom. The molecule has 1 saturated carbocycles. The molecule has 1 heterocycles. The molecule has 0 atom stereocenters. The van der Waals surface area contributed by atoms with Gasteiger partial charge in [-0.3, -0.25) is 9.78 Å². The highest BCUT2D eigenvalue weighted by molar-refractivity contribution is 6.32. The molecule has 0 aliphatic heterocycles. The molecule has 0 radical (unpaired) electrons. The molecule has 3 rings (SSSR count). The van der Waals surface area contributed by atoms with E-state index in [9.17, 15) is 4.79 Å². The number of anilines is 1. The van der Waals surface area contributed by atoms with E-state index in [-0.39, 0.29) is 17.9 Å². The van der Waals surface area contributed by atoms with E-state index >= 15 is 0 Å². The molecule has 1 amide bonds. The minimum absolute atomic E-state index is 0.0904. The van der Waals surface area contributed by atoms with Crippen LogP contribution < -0.4 is 10.1 Å². The van der Waals surface area contributed by atoms with Crippen molar-refractivity contribution < 1.29 is 9.53 Å². The van der Waals surface area contributed by atoms with Gasteiger partial charge in [-0.2, -0.15) is 0 Å². The maximum atomic E-state index is 12.5. The van der Waals surface area contributed by atoms with Gasteiger partial charge in [0.2, 0.25) is 0 Å². The van der Waals surface area contributed by atoms with Gasteiger partial charge in [-0.15, -0.1) is 0 Å². The van der Waals surface area contributed by atoms with Crippen LogP contribution in [0.1, 0.15) is 31.4 Å². The van der Waals surface area contributed by atoms with Crippen molar-refractivity contribution in [2.24, 2.45) is 5.92 Å². The molecule has 0 bridgehead atoms. The second-order valence-corrected chi connectivity index (χ2v) is 7.60. The highest BCUT2D eigenvalue weighted by Gasteiger charge is 2.27. The normalized spacial score (nSPS) is 19.4. The van der Waals surface area contributed by atoms with E-state index in [0.29, 0.717) is 27.1 Å². The van der Waals surface area contributed by atoms with Crippen molar-refractivity contribution in [3.05, 3.63) is 64.4 Å². The Morgan fingerprint density at radius 1 is 1.15 bits per heavy atom. The molecule has 2 aromatic rings. The number of aryl methyl sites for hydroxylation is 1. The fourth-order valence-corrected chi connectivity index (χ4v) is 3.54. The number of benzene rings is 1. The Kier molecular flexibility index (Phi) is 6.40. The van der Waals surface area contributed by atoms with Crippen molar-refractivity contribution in [3.8, 4) is 5.75 Å². The van der Waals surface area contributed by atoms with Crippen LogP contribution in [0.5, 0.6) is 5.75 Å². The van der Waals surface area contributed by atoms with Gasteiger partial charge in [0.05, 0.1) is 11.8 Å². The monoisotopic (exact) mass is 404 g/mol. The minimum atomic E-state index is -0.144. The Balaban J connectivity index is 1.52. The van der Waals surface area contributed by atoms with Crippen LogP contribution in [-0.2, 0) is 4.79 Å². The van der Waals surface area contributed by atoms with Gasteiger partial charge in [0, 0.05) is 28.5 Å². The molecule has 1 aliphatic rings. The number of hydrogen-bond donors (Lipinski definition) is 1. The molecule has 6 heteroatoms.